The molecule has 7 heteroatoms. The molecule has 0 aliphatic carbocycles. The average Bonchev–Trinajstić information content (AvgIpc) is 3.19. The molecule has 4 heterocycles. The molecule has 1 N–H and O–H groups in total. The van der Waals surface area contributed by atoms with E-state index in [1.807, 2.05) is 43.5 Å². The van der Waals surface area contributed by atoms with Crippen molar-refractivity contribution in [3.05, 3.63) is 48.3 Å². The first-order chi connectivity index (χ1) is 13.7. The van der Waals surface area contributed by atoms with Gasteiger partial charge in [0.05, 0.1) is 10.6 Å². The van der Waals surface area contributed by atoms with Gasteiger partial charge in [0.1, 0.15) is 11.6 Å². The summed E-state index contributed by atoms with van der Waals surface area (Å²) in [6, 6.07) is 9.97. The van der Waals surface area contributed by atoms with Crippen molar-refractivity contribution in [1.29, 1.82) is 0 Å². The van der Waals surface area contributed by atoms with E-state index in [0.717, 1.165) is 65.4 Å². The van der Waals surface area contributed by atoms with Crippen LogP contribution < -0.4 is 10.2 Å². The number of ether oxygens (including phenoxy) is 1. The lowest BCUT2D eigenvalue weighted by atomic mass is 9.98. The number of methoxy groups -OCH3 is 1. The summed E-state index contributed by atoms with van der Waals surface area (Å²) in [6.07, 6.45) is 6.04. The Morgan fingerprint density at radius 1 is 1.18 bits per heavy atom. The van der Waals surface area contributed by atoms with Crippen molar-refractivity contribution >= 4 is 28.1 Å². The van der Waals surface area contributed by atoms with Crippen molar-refractivity contribution in [1.82, 2.24) is 15.0 Å². The molecule has 1 aliphatic rings. The fourth-order valence-electron chi connectivity index (χ4n) is 3.43. The van der Waals surface area contributed by atoms with Gasteiger partial charge in [0.25, 0.3) is 0 Å². The molecule has 1 fully saturated rings. The lowest BCUT2D eigenvalue weighted by Gasteiger charge is -2.31. The Kier molecular flexibility index (Phi) is 5.83. The van der Waals surface area contributed by atoms with E-state index in [0.29, 0.717) is 5.92 Å². The van der Waals surface area contributed by atoms with Gasteiger partial charge < -0.3 is 15.0 Å². The second-order valence-electron chi connectivity index (χ2n) is 7.14. The molecule has 3 aromatic rings. The average molecular weight is 396 g/mol. The maximum atomic E-state index is 5.29. The first kappa shape index (κ1) is 18.8. The molecule has 0 bridgehead atoms. The van der Waals surface area contributed by atoms with Crippen molar-refractivity contribution in [2.45, 2.75) is 19.8 Å². The summed E-state index contributed by atoms with van der Waals surface area (Å²) >= 11 is 1.70. The van der Waals surface area contributed by atoms with E-state index in [1.165, 1.54) is 0 Å². The second kappa shape index (κ2) is 8.67. The summed E-state index contributed by atoms with van der Waals surface area (Å²) in [4.78, 5) is 17.2. The van der Waals surface area contributed by atoms with E-state index in [4.69, 9.17) is 9.72 Å². The van der Waals surface area contributed by atoms with Crippen molar-refractivity contribution in [3.8, 4) is 10.6 Å². The van der Waals surface area contributed by atoms with E-state index in [9.17, 15) is 0 Å². The summed E-state index contributed by atoms with van der Waals surface area (Å²) in [5.41, 5.74) is 2.09. The number of rotatable bonds is 6. The zero-order valence-electron chi connectivity index (χ0n) is 16.3. The second-order valence-corrected chi connectivity index (χ2v) is 8.15. The van der Waals surface area contributed by atoms with E-state index in [2.05, 4.69) is 20.2 Å². The number of nitrogens with zero attached hydrogens (tertiary/aromatic N) is 4. The fraction of sp³-hybridized carbons (Fsp3) is 0.381. The summed E-state index contributed by atoms with van der Waals surface area (Å²) in [6.45, 7) is 4.98. The molecule has 0 amide bonds. The number of nitrogens with one attached hydrogen (secondary N) is 1. The van der Waals surface area contributed by atoms with Crippen LogP contribution in [0.5, 0.6) is 0 Å². The van der Waals surface area contributed by atoms with Crippen LogP contribution in [0.25, 0.3) is 10.6 Å². The van der Waals surface area contributed by atoms with Crippen LogP contribution in [0.4, 0.5) is 16.8 Å². The van der Waals surface area contributed by atoms with Crippen LogP contribution >= 0.6 is 11.3 Å². The lowest BCUT2D eigenvalue weighted by molar-refractivity contribution is 0.139. The summed E-state index contributed by atoms with van der Waals surface area (Å²) in [5.74, 6) is 2.25. The number of anilines is 3. The SMILES string of the molecule is COCC1CCN(c2ncc(-c3cccc(Nc4cc(C)ccn4)n3)s2)CC1. The van der Waals surface area contributed by atoms with Gasteiger partial charge in [-0.1, -0.05) is 17.4 Å². The van der Waals surface area contributed by atoms with Crippen molar-refractivity contribution in [3.63, 3.8) is 0 Å². The number of hydrogen-bond donors (Lipinski definition) is 1. The van der Waals surface area contributed by atoms with Crippen molar-refractivity contribution in [2.24, 2.45) is 5.92 Å². The number of hydrogen-bond acceptors (Lipinski definition) is 7. The van der Waals surface area contributed by atoms with Crippen LogP contribution in [0.2, 0.25) is 0 Å². The Hall–Kier alpha value is -2.51. The van der Waals surface area contributed by atoms with E-state index in [1.54, 1.807) is 24.6 Å². The first-order valence-electron chi connectivity index (χ1n) is 9.58. The van der Waals surface area contributed by atoms with Gasteiger partial charge in [-0.3, -0.25) is 0 Å². The third-order valence-corrected chi connectivity index (χ3v) is 6.03. The van der Waals surface area contributed by atoms with Gasteiger partial charge in [-0.2, -0.15) is 0 Å². The van der Waals surface area contributed by atoms with Gasteiger partial charge in [-0.15, -0.1) is 0 Å². The molecule has 0 aromatic carbocycles. The number of thiazole rings is 1. The van der Waals surface area contributed by atoms with Crippen LogP contribution in [-0.4, -0.2) is 41.8 Å². The van der Waals surface area contributed by atoms with Crippen LogP contribution in [0.15, 0.2) is 42.7 Å². The Labute approximate surface area is 169 Å². The van der Waals surface area contributed by atoms with Crippen LogP contribution in [0.1, 0.15) is 18.4 Å². The van der Waals surface area contributed by atoms with Gasteiger partial charge in [0.15, 0.2) is 5.13 Å². The third-order valence-electron chi connectivity index (χ3n) is 4.95. The topological polar surface area (TPSA) is 63.2 Å². The van der Waals surface area contributed by atoms with Gasteiger partial charge in [0, 0.05) is 39.2 Å². The zero-order valence-corrected chi connectivity index (χ0v) is 17.1. The number of pyridine rings is 2. The molecular weight excluding hydrogens is 370 g/mol. The normalized spacial score (nSPS) is 15.0. The first-order valence-corrected chi connectivity index (χ1v) is 10.4. The lowest BCUT2D eigenvalue weighted by Crippen LogP contribution is -2.34. The van der Waals surface area contributed by atoms with Gasteiger partial charge in [0.2, 0.25) is 0 Å². The molecule has 0 saturated carbocycles. The minimum atomic E-state index is 0.667. The maximum absolute atomic E-state index is 5.29. The highest BCUT2D eigenvalue weighted by molar-refractivity contribution is 7.18. The highest BCUT2D eigenvalue weighted by Gasteiger charge is 2.21. The smallest absolute Gasteiger partial charge is 0.185 e. The quantitative estimate of drug-likeness (QED) is 0.662. The highest BCUT2D eigenvalue weighted by Crippen LogP contribution is 2.33. The minimum Gasteiger partial charge on any atom is -0.384 e. The summed E-state index contributed by atoms with van der Waals surface area (Å²) in [7, 11) is 1.78. The van der Waals surface area contributed by atoms with Gasteiger partial charge >= 0.3 is 0 Å². The number of aryl methyl sites for hydroxylation is 1. The van der Waals surface area contributed by atoms with Crippen LogP contribution in [-0.2, 0) is 4.74 Å². The molecule has 0 spiro atoms. The molecule has 0 unspecified atom stereocenters. The predicted molar refractivity (Wildman–Crippen MR) is 114 cm³/mol. The molecule has 146 valence electrons. The molecule has 3 aromatic heterocycles. The van der Waals surface area contributed by atoms with Crippen molar-refractivity contribution in [2.75, 3.05) is 37.0 Å². The zero-order chi connectivity index (χ0) is 19.3. The monoisotopic (exact) mass is 395 g/mol. The van der Waals surface area contributed by atoms with Gasteiger partial charge in [-0.25, -0.2) is 15.0 Å². The minimum absolute atomic E-state index is 0.667. The molecule has 4 rings (SSSR count). The number of piperidine rings is 1. The van der Waals surface area contributed by atoms with Crippen LogP contribution in [0, 0.1) is 12.8 Å². The molecule has 1 saturated heterocycles. The Morgan fingerprint density at radius 3 is 2.82 bits per heavy atom. The fourth-order valence-corrected chi connectivity index (χ4v) is 4.37. The number of aromatic nitrogens is 3. The largest absolute Gasteiger partial charge is 0.384 e. The highest BCUT2D eigenvalue weighted by atomic mass is 32.1. The van der Waals surface area contributed by atoms with Crippen molar-refractivity contribution < 1.29 is 4.74 Å². The van der Waals surface area contributed by atoms with E-state index in [-0.39, 0.29) is 0 Å². The van der Waals surface area contributed by atoms with E-state index < -0.39 is 0 Å². The standard InChI is InChI=1S/C21H25N5OS/c1-15-6-9-22-20(12-15)25-19-5-3-4-17(24-19)18-13-23-21(28-18)26-10-7-16(8-11-26)14-27-2/h3-6,9,12-13,16H,7-8,10-11,14H2,1-2H3,(H,22,24,25). The molecule has 6 nitrogen and oxygen atoms in total. The third kappa shape index (κ3) is 4.48. The predicted octanol–water partition coefficient (Wildman–Crippen LogP) is 4.51. The Morgan fingerprint density at radius 2 is 2.04 bits per heavy atom. The molecule has 1 aliphatic heterocycles. The molecule has 28 heavy (non-hydrogen) atoms. The molecule has 0 atom stereocenters. The summed E-state index contributed by atoms with van der Waals surface area (Å²) in [5, 5.41) is 4.36. The maximum Gasteiger partial charge on any atom is 0.185 e. The Bertz CT molecular complexity index is 920. The summed E-state index contributed by atoms with van der Waals surface area (Å²) < 4.78 is 5.29. The van der Waals surface area contributed by atoms with E-state index >= 15 is 0 Å². The molecule has 0 radical (unpaired) electrons. The van der Waals surface area contributed by atoms with Crippen LogP contribution in [0.3, 0.4) is 0 Å². The van der Waals surface area contributed by atoms with Gasteiger partial charge in [-0.05, 0) is 55.5 Å². The Balaban J connectivity index is 1.45. The molecular formula is C21H25N5OS.